The Kier molecular flexibility index (Phi) is 6.91. The molecule has 6 rings (SSSR count). The second-order valence-corrected chi connectivity index (χ2v) is 9.62. The van der Waals surface area contributed by atoms with Gasteiger partial charge < -0.3 is 4.74 Å². The summed E-state index contributed by atoms with van der Waals surface area (Å²) in [6.07, 6.45) is 1.84. The van der Waals surface area contributed by atoms with Crippen LogP contribution < -0.4 is 4.74 Å². The zero-order valence-electron chi connectivity index (χ0n) is 21.5. The van der Waals surface area contributed by atoms with E-state index in [1.54, 1.807) is 0 Å². The Hall–Kier alpha value is -4.36. The lowest BCUT2D eigenvalue weighted by Crippen LogP contribution is -2.31. The average Bonchev–Trinajstić information content (AvgIpc) is 3.52. The number of aryl methyl sites for hydroxylation is 1. The predicted octanol–water partition coefficient (Wildman–Crippen LogP) is 5.63. The molecule has 0 saturated carbocycles. The Bertz CT molecular complexity index is 1500. The van der Waals surface area contributed by atoms with Crippen molar-refractivity contribution in [3.05, 3.63) is 113 Å². The Labute approximate surface area is 222 Å². The predicted molar refractivity (Wildman–Crippen MR) is 147 cm³/mol. The molecule has 0 aliphatic carbocycles. The maximum Gasteiger partial charge on any atom is 0.180 e. The largest absolute Gasteiger partial charge is 0.488 e. The molecule has 0 saturated heterocycles. The number of hydrogen-bond donors (Lipinski definition) is 1. The topological polar surface area (TPSA) is 79.8 Å². The lowest BCUT2D eigenvalue weighted by atomic mass is 9.98. The molecular weight excluding hydrogens is 472 g/mol. The molecule has 3 heterocycles. The monoisotopic (exact) mass is 502 g/mol. The summed E-state index contributed by atoms with van der Waals surface area (Å²) in [5, 5.41) is 14.4. The minimum atomic E-state index is 0.506. The normalized spacial score (nSPS) is 13.3. The molecule has 1 N–H and O–H groups in total. The number of nitrogens with zero attached hydrogens (tertiary/aromatic N) is 5. The van der Waals surface area contributed by atoms with Crippen molar-refractivity contribution < 1.29 is 4.74 Å². The number of hydrogen-bond acceptors (Lipinski definition) is 6. The Morgan fingerprint density at radius 2 is 1.68 bits per heavy atom. The molecule has 0 radical (unpaired) electrons. The van der Waals surface area contributed by atoms with Crippen LogP contribution in [0.15, 0.2) is 84.9 Å². The molecule has 0 unspecified atom stereocenters. The van der Waals surface area contributed by atoms with Gasteiger partial charge in [0, 0.05) is 48.9 Å². The first-order valence-electron chi connectivity index (χ1n) is 13.1. The SMILES string of the molecule is CCc1cc(OCc2ccc(-c3ccccc3-c3nnn[nH]3)cc2)c2c(n1)CCN(Cc1ccccc1)C2. The van der Waals surface area contributed by atoms with Crippen molar-refractivity contribution in [1.82, 2.24) is 30.5 Å². The van der Waals surface area contributed by atoms with Crippen LogP contribution >= 0.6 is 0 Å². The number of nitrogens with one attached hydrogen (secondary N) is 1. The molecule has 1 aliphatic rings. The highest BCUT2D eigenvalue weighted by Gasteiger charge is 2.22. The number of benzene rings is 3. The summed E-state index contributed by atoms with van der Waals surface area (Å²) in [6.45, 7) is 5.44. The third kappa shape index (κ3) is 5.19. The van der Waals surface area contributed by atoms with Crippen molar-refractivity contribution in [3.8, 4) is 28.3 Å². The van der Waals surface area contributed by atoms with Crippen LogP contribution in [0.1, 0.15) is 35.0 Å². The third-order valence-electron chi connectivity index (χ3n) is 7.07. The molecule has 7 heteroatoms. The number of aromatic nitrogens is 5. The van der Waals surface area contributed by atoms with Crippen molar-refractivity contribution in [2.45, 2.75) is 39.5 Å². The number of H-pyrrole nitrogens is 1. The van der Waals surface area contributed by atoms with Gasteiger partial charge in [0.2, 0.25) is 0 Å². The van der Waals surface area contributed by atoms with Gasteiger partial charge in [-0.05, 0) is 39.1 Å². The Morgan fingerprint density at radius 1 is 0.895 bits per heavy atom. The van der Waals surface area contributed by atoms with Gasteiger partial charge in [0.1, 0.15) is 12.4 Å². The van der Waals surface area contributed by atoms with E-state index in [9.17, 15) is 0 Å². The summed E-state index contributed by atoms with van der Waals surface area (Å²) < 4.78 is 6.46. The molecule has 0 bridgehead atoms. The van der Waals surface area contributed by atoms with Crippen molar-refractivity contribution in [3.63, 3.8) is 0 Å². The van der Waals surface area contributed by atoms with E-state index in [1.807, 2.05) is 18.2 Å². The van der Waals surface area contributed by atoms with Crippen molar-refractivity contribution in [2.24, 2.45) is 0 Å². The van der Waals surface area contributed by atoms with E-state index in [4.69, 9.17) is 9.72 Å². The fraction of sp³-hybridized carbons (Fsp3) is 0.226. The summed E-state index contributed by atoms with van der Waals surface area (Å²) in [5.74, 6) is 1.61. The van der Waals surface area contributed by atoms with E-state index in [-0.39, 0.29) is 0 Å². The zero-order chi connectivity index (χ0) is 25.7. The first-order valence-corrected chi connectivity index (χ1v) is 13.1. The maximum atomic E-state index is 6.46. The molecule has 0 fully saturated rings. The minimum Gasteiger partial charge on any atom is -0.488 e. The first-order chi connectivity index (χ1) is 18.8. The standard InChI is InChI=1S/C31H30N6O/c1-2-25-18-30(28-20-37(17-16-29(28)32-25)19-22-8-4-3-5-9-22)38-21-23-12-14-24(15-13-23)26-10-6-7-11-27(26)31-33-35-36-34-31/h3-15,18H,2,16-17,19-21H2,1H3,(H,33,34,35,36). The fourth-order valence-corrected chi connectivity index (χ4v) is 5.04. The lowest BCUT2D eigenvalue weighted by Gasteiger charge is -2.30. The smallest absolute Gasteiger partial charge is 0.180 e. The van der Waals surface area contributed by atoms with E-state index in [2.05, 4.69) is 99.2 Å². The fourth-order valence-electron chi connectivity index (χ4n) is 5.04. The Morgan fingerprint density at radius 3 is 2.45 bits per heavy atom. The Balaban J connectivity index is 1.19. The van der Waals surface area contributed by atoms with Gasteiger partial charge in [0.25, 0.3) is 0 Å². The van der Waals surface area contributed by atoms with E-state index >= 15 is 0 Å². The molecule has 1 aliphatic heterocycles. The van der Waals surface area contributed by atoms with Crippen LogP contribution in [0.3, 0.4) is 0 Å². The van der Waals surface area contributed by atoms with Crippen LogP contribution in [-0.4, -0.2) is 37.1 Å². The van der Waals surface area contributed by atoms with Gasteiger partial charge in [-0.15, -0.1) is 5.10 Å². The lowest BCUT2D eigenvalue weighted by molar-refractivity contribution is 0.230. The number of pyridine rings is 1. The van der Waals surface area contributed by atoms with E-state index in [1.165, 1.54) is 16.8 Å². The van der Waals surface area contributed by atoms with Crippen LogP contribution in [0.5, 0.6) is 5.75 Å². The zero-order valence-corrected chi connectivity index (χ0v) is 21.5. The van der Waals surface area contributed by atoms with Gasteiger partial charge >= 0.3 is 0 Å². The molecular formula is C31H30N6O. The van der Waals surface area contributed by atoms with Crippen molar-refractivity contribution >= 4 is 0 Å². The highest BCUT2D eigenvalue weighted by atomic mass is 16.5. The second kappa shape index (κ2) is 10.9. The molecule has 0 atom stereocenters. The van der Waals surface area contributed by atoms with Crippen molar-refractivity contribution in [2.75, 3.05) is 6.54 Å². The summed E-state index contributed by atoms with van der Waals surface area (Å²) in [5.41, 5.74) is 9.08. The highest BCUT2D eigenvalue weighted by molar-refractivity contribution is 5.80. The van der Waals surface area contributed by atoms with Crippen LogP contribution in [0.2, 0.25) is 0 Å². The van der Waals surface area contributed by atoms with Crippen LogP contribution in [0.4, 0.5) is 0 Å². The molecule has 2 aromatic heterocycles. The highest BCUT2D eigenvalue weighted by Crippen LogP contribution is 2.32. The molecule has 7 nitrogen and oxygen atoms in total. The van der Waals surface area contributed by atoms with Gasteiger partial charge in [-0.3, -0.25) is 9.88 Å². The molecule has 0 amide bonds. The van der Waals surface area contributed by atoms with E-state index < -0.39 is 0 Å². The maximum absolute atomic E-state index is 6.46. The van der Waals surface area contributed by atoms with Gasteiger partial charge in [-0.2, -0.15) is 0 Å². The van der Waals surface area contributed by atoms with Gasteiger partial charge in [-0.1, -0.05) is 85.8 Å². The van der Waals surface area contributed by atoms with Crippen LogP contribution in [-0.2, 0) is 32.5 Å². The molecule has 0 spiro atoms. The van der Waals surface area contributed by atoms with Gasteiger partial charge in [0.15, 0.2) is 5.82 Å². The molecule has 38 heavy (non-hydrogen) atoms. The number of aromatic amines is 1. The number of ether oxygens (including phenoxy) is 1. The van der Waals surface area contributed by atoms with E-state index in [0.29, 0.717) is 12.4 Å². The molecule has 5 aromatic rings. The quantitative estimate of drug-likeness (QED) is 0.296. The van der Waals surface area contributed by atoms with Gasteiger partial charge in [0.05, 0.1) is 5.69 Å². The summed E-state index contributed by atoms with van der Waals surface area (Å²) in [7, 11) is 0. The van der Waals surface area contributed by atoms with Crippen molar-refractivity contribution in [1.29, 1.82) is 0 Å². The second-order valence-electron chi connectivity index (χ2n) is 9.62. The minimum absolute atomic E-state index is 0.506. The molecule has 3 aromatic carbocycles. The number of tetrazole rings is 1. The number of fused-ring (bicyclic) bond motifs is 1. The summed E-state index contributed by atoms with van der Waals surface area (Å²) in [4.78, 5) is 7.42. The summed E-state index contributed by atoms with van der Waals surface area (Å²) in [6, 6.07) is 29.4. The average molecular weight is 503 g/mol. The summed E-state index contributed by atoms with van der Waals surface area (Å²) >= 11 is 0. The molecule has 190 valence electrons. The van der Waals surface area contributed by atoms with E-state index in [0.717, 1.165) is 66.2 Å². The van der Waals surface area contributed by atoms with Crippen LogP contribution in [0.25, 0.3) is 22.5 Å². The van der Waals surface area contributed by atoms with Crippen LogP contribution in [0, 0.1) is 0 Å². The first kappa shape index (κ1) is 24.0. The third-order valence-corrected chi connectivity index (χ3v) is 7.07. The number of rotatable bonds is 8. The van der Waals surface area contributed by atoms with Gasteiger partial charge in [-0.25, -0.2) is 5.10 Å².